The number of carbonyl (C=O) groups is 1. The van der Waals surface area contributed by atoms with E-state index in [0.29, 0.717) is 22.5 Å². The number of aromatic hydroxyl groups is 1. The second-order valence-electron chi connectivity index (χ2n) is 6.87. The maximum Gasteiger partial charge on any atom is 0.340 e. The Morgan fingerprint density at radius 3 is 2.71 bits per heavy atom. The molecule has 2 N–H and O–H groups in total. The van der Waals surface area contributed by atoms with Crippen LogP contribution in [0.1, 0.15) is 17.0 Å². The lowest BCUT2D eigenvalue weighted by Crippen LogP contribution is -2.27. The van der Waals surface area contributed by atoms with Crippen LogP contribution in [-0.4, -0.2) is 28.3 Å². The van der Waals surface area contributed by atoms with E-state index >= 15 is 0 Å². The molecule has 0 atom stereocenters. The SMILES string of the molecule is COc1ccc(-c2noc(CNC(=O)Cc3c(C)c4ccc(O)cc4oc3=O)n2)cc1. The standard InChI is InChI=1S/C22H19N3O6/c1-12-16-8-5-14(26)9-18(16)30-22(28)17(12)10-19(27)23-11-20-24-21(25-31-20)13-3-6-15(29-2)7-4-13/h3-9,26H,10-11H2,1-2H3,(H,23,27). The number of nitrogens with one attached hydrogen (secondary N) is 1. The van der Waals surface area contributed by atoms with Gasteiger partial charge in [0.15, 0.2) is 0 Å². The number of fused-ring (bicyclic) bond motifs is 1. The molecule has 158 valence electrons. The van der Waals surface area contributed by atoms with Crippen molar-refractivity contribution in [2.75, 3.05) is 7.11 Å². The van der Waals surface area contributed by atoms with Crippen LogP contribution in [0.4, 0.5) is 0 Å². The van der Waals surface area contributed by atoms with E-state index in [2.05, 4.69) is 15.5 Å². The van der Waals surface area contributed by atoms with Gasteiger partial charge in [0, 0.05) is 17.0 Å². The molecule has 0 spiro atoms. The minimum atomic E-state index is -0.620. The number of phenols is 1. The molecule has 2 aromatic heterocycles. The zero-order chi connectivity index (χ0) is 22.0. The number of nitrogens with zero attached hydrogens (tertiary/aromatic N) is 2. The van der Waals surface area contributed by atoms with E-state index in [1.54, 1.807) is 44.4 Å². The highest BCUT2D eigenvalue weighted by Gasteiger charge is 2.16. The number of benzene rings is 2. The summed E-state index contributed by atoms with van der Waals surface area (Å²) >= 11 is 0. The van der Waals surface area contributed by atoms with Crippen LogP contribution >= 0.6 is 0 Å². The lowest BCUT2D eigenvalue weighted by Gasteiger charge is -2.08. The molecule has 0 bridgehead atoms. The third-order valence-corrected chi connectivity index (χ3v) is 4.86. The van der Waals surface area contributed by atoms with E-state index in [1.165, 1.54) is 12.1 Å². The predicted octanol–water partition coefficient (Wildman–Crippen LogP) is 2.72. The highest BCUT2D eigenvalue weighted by Crippen LogP contribution is 2.23. The van der Waals surface area contributed by atoms with Gasteiger partial charge >= 0.3 is 5.63 Å². The first-order valence-electron chi connectivity index (χ1n) is 9.43. The molecule has 9 heteroatoms. The van der Waals surface area contributed by atoms with Crippen LogP contribution in [0.25, 0.3) is 22.4 Å². The zero-order valence-electron chi connectivity index (χ0n) is 16.8. The zero-order valence-corrected chi connectivity index (χ0v) is 16.8. The first-order valence-corrected chi connectivity index (χ1v) is 9.43. The molecule has 0 aliphatic rings. The first kappa shape index (κ1) is 20.1. The summed E-state index contributed by atoms with van der Waals surface area (Å²) in [7, 11) is 1.58. The number of methoxy groups -OCH3 is 1. The molecule has 31 heavy (non-hydrogen) atoms. The molecule has 4 aromatic rings. The molecule has 2 heterocycles. The molecule has 2 aromatic carbocycles. The summed E-state index contributed by atoms with van der Waals surface area (Å²) in [4.78, 5) is 29.0. The van der Waals surface area contributed by atoms with Gasteiger partial charge in [-0.3, -0.25) is 4.79 Å². The van der Waals surface area contributed by atoms with Gasteiger partial charge in [0.1, 0.15) is 17.1 Å². The normalized spacial score (nSPS) is 10.9. The van der Waals surface area contributed by atoms with E-state index in [0.717, 1.165) is 5.56 Å². The molecule has 0 aliphatic heterocycles. The van der Waals surface area contributed by atoms with Crippen molar-refractivity contribution in [3.8, 4) is 22.9 Å². The van der Waals surface area contributed by atoms with Crippen LogP contribution in [0.2, 0.25) is 0 Å². The Balaban J connectivity index is 1.43. The van der Waals surface area contributed by atoms with Crippen molar-refractivity contribution in [3.63, 3.8) is 0 Å². The molecule has 0 unspecified atom stereocenters. The number of aryl methyl sites for hydroxylation is 1. The van der Waals surface area contributed by atoms with Gasteiger partial charge in [-0.05, 0) is 48.9 Å². The number of phenolic OH excluding ortho intramolecular Hbond substituents is 1. The monoisotopic (exact) mass is 421 g/mol. The van der Waals surface area contributed by atoms with Crippen LogP contribution in [0.5, 0.6) is 11.5 Å². The van der Waals surface area contributed by atoms with Crippen LogP contribution in [-0.2, 0) is 17.8 Å². The van der Waals surface area contributed by atoms with Crippen molar-refractivity contribution in [1.82, 2.24) is 15.5 Å². The molecule has 0 radical (unpaired) electrons. The Kier molecular flexibility index (Phi) is 5.40. The van der Waals surface area contributed by atoms with Crippen LogP contribution in [0.3, 0.4) is 0 Å². The summed E-state index contributed by atoms with van der Waals surface area (Å²) < 4.78 is 15.5. The Labute approximate surface area is 176 Å². The molecular formula is C22H19N3O6. The summed E-state index contributed by atoms with van der Waals surface area (Å²) in [5.74, 6) is 0.940. The fourth-order valence-corrected chi connectivity index (χ4v) is 3.17. The van der Waals surface area contributed by atoms with Gasteiger partial charge in [-0.1, -0.05) is 5.16 Å². The summed E-state index contributed by atoms with van der Waals surface area (Å²) in [5, 5.41) is 16.8. The second kappa shape index (κ2) is 8.31. The van der Waals surface area contributed by atoms with E-state index < -0.39 is 11.5 Å². The summed E-state index contributed by atoms with van der Waals surface area (Å²) in [6, 6.07) is 11.7. The number of aromatic nitrogens is 2. The lowest BCUT2D eigenvalue weighted by molar-refractivity contribution is -0.120. The summed E-state index contributed by atoms with van der Waals surface area (Å²) in [5.41, 5.74) is 1.27. The second-order valence-corrected chi connectivity index (χ2v) is 6.87. The molecule has 0 saturated heterocycles. The Morgan fingerprint density at radius 2 is 1.97 bits per heavy atom. The van der Waals surface area contributed by atoms with E-state index in [1.807, 2.05) is 0 Å². The number of carbonyl (C=O) groups excluding carboxylic acids is 1. The van der Waals surface area contributed by atoms with Gasteiger partial charge in [0.25, 0.3) is 0 Å². The van der Waals surface area contributed by atoms with Gasteiger partial charge in [0.2, 0.25) is 17.6 Å². The van der Waals surface area contributed by atoms with Crippen LogP contribution in [0, 0.1) is 6.92 Å². The van der Waals surface area contributed by atoms with Gasteiger partial charge in [-0.2, -0.15) is 4.98 Å². The minimum Gasteiger partial charge on any atom is -0.508 e. The maximum atomic E-state index is 12.4. The third kappa shape index (κ3) is 4.25. The predicted molar refractivity (Wildman–Crippen MR) is 111 cm³/mol. The Hall–Kier alpha value is -4.14. The maximum absolute atomic E-state index is 12.4. The first-order chi connectivity index (χ1) is 14.9. The number of hydrogen-bond donors (Lipinski definition) is 2. The molecule has 0 aliphatic carbocycles. The average Bonchev–Trinajstić information content (AvgIpc) is 3.24. The smallest absolute Gasteiger partial charge is 0.340 e. The average molecular weight is 421 g/mol. The van der Waals surface area contributed by atoms with Crippen LogP contribution < -0.4 is 15.7 Å². The van der Waals surface area contributed by atoms with Crippen molar-refractivity contribution >= 4 is 16.9 Å². The van der Waals surface area contributed by atoms with E-state index in [9.17, 15) is 14.7 Å². The molecular weight excluding hydrogens is 402 g/mol. The molecule has 9 nitrogen and oxygen atoms in total. The van der Waals surface area contributed by atoms with E-state index in [-0.39, 0.29) is 35.8 Å². The molecule has 1 amide bonds. The number of hydrogen-bond acceptors (Lipinski definition) is 8. The minimum absolute atomic E-state index is 0.00545. The Bertz CT molecular complexity index is 1310. The highest BCUT2D eigenvalue weighted by atomic mass is 16.5. The van der Waals surface area contributed by atoms with Crippen molar-refractivity contribution in [3.05, 3.63) is 69.9 Å². The lowest BCUT2D eigenvalue weighted by atomic mass is 10.0. The fourth-order valence-electron chi connectivity index (χ4n) is 3.17. The van der Waals surface area contributed by atoms with Gasteiger partial charge in [0.05, 0.1) is 25.6 Å². The topological polar surface area (TPSA) is 128 Å². The van der Waals surface area contributed by atoms with Crippen LogP contribution in [0.15, 0.2) is 56.2 Å². The van der Waals surface area contributed by atoms with Gasteiger partial charge in [-0.25, -0.2) is 4.79 Å². The van der Waals surface area contributed by atoms with E-state index in [4.69, 9.17) is 13.7 Å². The van der Waals surface area contributed by atoms with Crippen molar-refractivity contribution < 1.29 is 23.6 Å². The van der Waals surface area contributed by atoms with Gasteiger partial charge < -0.3 is 24.1 Å². The highest BCUT2D eigenvalue weighted by molar-refractivity contribution is 5.85. The van der Waals surface area contributed by atoms with Crippen molar-refractivity contribution in [2.24, 2.45) is 0 Å². The fraction of sp³-hybridized carbons (Fsp3) is 0.182. The molecule has 0 fully saturated rings. The van der Waals surface area contributed by atoms with Crippen molar-refractivity contribution in [1.29, 1.82) is 0 Å². The third-order valence-electron chi connectivity index (χ3n) is 4.86. The van der Waals surface area contributed by atoms with Gasteiger partial charge in [-0.15, -0.1) is 0 Å². The molecule has 4 rings (SSSR count). The summed E-state index contributed by atoms with van der Waals surface area (Å²) in [6.07, 6.45) is -0.162. The quantitative estimate of drug-likeness (QED) is 0.455. The largest absolute Gasteiger partial charge is 0.508 e. The molecule has 0 saturated carbocycles. The van der Waals surface area contributed by atoms with Crippen molar-refractivity contribution in [2.45, 2.75) is 19.9 Å². The number of amides is 1. The summed E-state index contributed by atoms with van der Waals surface area (Å²) in [6.45, 7) is 1.76. The Morgan fingerprint density at radius 1 is 1.19 bits per heavy atom. The number of rotatable bonds is 6. The number of ether oxygens (including phenoxy) is 1.